The number of aromatic amines is 1. The van der Waals surface area contributed by atoms with Crippen LogP contribution in [0.5, 0.6) is 0 Å². The van der Waals surface area contributed by atoms with E-state index in [0.29, 0.717) is 10.9 Å². The Kier molecular flexibility index (Phi) is 3.02. The smallest absolute Gasteiger partial charge is 0.372 e. The van der Waals surface area contributed by atoms with Gasteiger partial charge in [-0.2, -0.15) is 13.2 Å². The molecule has 0 fully saturated rings. The average Bonchev–Trinajstić information content (AvgIpc) is 2.90. The molecule has 108 valence electrons. The summed E-state index contributed by atoms with van der Waals surface area (Å²) in [5.74, 6) is 0. The molecule has 2 N–H and O–H groups in total. The second-order valence-corrected chi connectivity index (χ2v) is 4.82. The maximum absolute atomic E-state index is 13.6. The van der Waals surface area contributed by atoms with E-state index in [9.17, 15) is 18.3 Å². The molecule has 0 saturated heterocycles. The lowest BCUT2D eigenvalue weighted by molar-refractivity contribution is -0.247. The fourth-order valence-corrected chi connectivity index (χ4v) is 2.52. The summed E-state index contributed by atoms with van der Waals surface area (Å²) in [6.07, 6.45) is -3.62. The van der Waals surface area contributed by atoms with Crippen molar-refractivity contribution in [2.75, 3.05) is 0 Å². The van der Waals surface area contributed by atoms with Crippen LogP contribution in [0.3, 0.4) is 0 Å². The van der Waals surface area contributed by atoms with Crippen molar-refractivity contribution in [3.05, 3.63) is 71.9 Å². The molecule has 2 aromatic carbocycles. The highest BCUT2D eigenvalue weighted by atomic mass is 19.4. The Morgan fingerprint density at radius 2 is 1.48 bits per heavy atom. The van der Waals surface area contributed by atoms with Crippen LogP contribution in [0.2, 0.25) is 0 Å². The van der Waals surface area contributed by atoms with Gasteiger partial charge in [0.1, 0.15) is 0 Å². The highest BCUT2D eigenvalue weighted by Crippen LogP contribution is 2.46. The second-order valence-electron chi connectivity index (χ2n) is 4.82. The van der Waals surface area contributed by atoms with E-state index in [0.717, 1.165) is 0 Å². The number of halogens is 3. The number of rotatable bonds is 2. The summed E-state index contributed by atoms with van der Waals surface area (Å²) in [5, 5.41) is 10.9. The average molecular weight is 291 g/mol. The third kappa shape index (κ3) is 2.01. The monoisotopic (exact) mass is 291 g/mol. The Hall–Kier alpha value is -2.27. The summed E-state index contributed by atoms with van der Waals surface area (Å²) in [7, 11) is 0. The molecule has 0 spiro atoms. The van der Waals surface area contributed by atoms with Crippen LogP contribution in [0.25, 0.3) is 10.9 Å². The Morgan fingerprint density at radius 3 is 2.14 bits per heavy atom. The van der Waals surface area contributed by atoms with Crippen LogP contribution in [0.1, 0.15) is 11.1 Å². The van der Waals surface area contributed by atoms with Crippen molar-refractivity contribution in [2.24, 2.45) is 0 Å². The van der Waals surface area contributed by atoms with Crippen LogP contribution in [0.15, 0.2) is 60.8 Å². The number of aromatic nitrogens is 1. The third-order valence-corrected chi connectivity index (χ3v) is 3.58. The molecule has 2 nitrogen and oxygen atoms in total. The van der Waals surface area contributed by atoms with Gasteiger partial charge in [-0.25, -0.2) is 0 Å². The fraction of sp³-hybridized carbons (Fsp3) is 0.125. The van der Waals surface area contributed by atoms with Crippen LogP contribution in [-0.4, -0.2) is 16.3 Å². The van der Waals surface area contributed by atoms with E-state index in [4.69, 9.17) is 0 Å². The van der Waals surface area contributed by atoms with Crippen LogP contribution in [0.4, 0.5) is 13.2 Å². The number of nitrogens with one attached hydrogen (secondary N) is 1. The van der Waals surface area contributed by atoms with Gasteiger partial charge >= 0.3 is 6.18 Å². The van der Waals surface area contributed by atoms with Gasteiger partial charge in [-0.3, -0.25) is 0 Å². The van der Waals surface area contributed by atoms with Gasteiger partial charge in [-0.05, 0) is 11.6 Å². The molecule has 3 rings (SSSR count). The lowest BCUT2D eigenvalue weighted by Gasteiger charge is -2.31. The first-order valence-corrected chi connectivity index (χ1v) is 6.36. The first-order chi connectivity index (χ1) is 9.94. The minimum Gasteiger partial charge on any atom is -0.372 e. The summed E-state index contributed by atoms with van der Waals surface area (Å²) >= 11 is 0. The van der Waals surface area contributed by atoms with Crippen molar-refractivity contribution >= 4 is 10.9 Å². The number of fused-ring (bicyclic) bond motifs is 1. The topological polar surface area (TPSA) is 36.0 Å². The number of H-pyrrole nitrogens is 1. The number of para-hydroxylation sites is 1. The molecule has 1 atom stereocenters. The molecule has 0 radical (unpaired) electrons. The highest BCUT2D eigenvalue weighted by molar-refractivity contribution is 5.84. The van der Waals surface area contributed by atoms with E-state index < -0.39 is 11.8 Å². The predicted molar refractivity (Wildman–Crippen MR) is 73.8 cm³/mol. The standard InChI is InChI=1S/C16H12F3NO/c17-16(18,19)15(21,11-6-2-1-3-7-11)13-10-20-14-9-5-4-8-12(13)14/h1-10,20-21H/t15-/m0/s1. The molecule has 0 saturated carbocycles. The zero-order chi connectivity index (χ0) is 15.1. The van der Waals surface area contributed by atoms with Gasteiger partial charge in [0.25, 0.3) is 0 Å². The molecule has 21 heavy (non-hydrogen) atoms. The summed E-state index contributed by atoms with van der Waals surface area (Å²) in [5.41, 5.74) is -2.90. The fourth-order valence-electron chi connectivity index (χ4n) is 2.52. The molecule has 0 aliphatic rings. The minimum atomic E-state index is -4.83. The van der Waals surface area contributed by atoms with Gasteiger partial charge in [-0.15, -0.1) is 0 Å². The lowest BCUT2D eigenvalue weighted by Crippen LogP contribution is -2.43. The minimum absolute atomic E-state index is 0.197. The predicted octanol–water partition coefficient (Wildman–Crippen LogP) is 3.97. The van der Waals surface area contributed by atoms with Gasteiger partial charge in [0.05, 0.1) is 0 Å². The van der Waals surface area contributed by atoms with Crippen LogP contribution >= 0.6 is 0 Å². The highest BCUT2D eigenvalue weighted by Gasteiger charge is 2.57. The molecular weight excluding hydrogens is 279 g/mol. The largest absolute Gasteiger partial charge is 0.425 e. The van der Waals surface area contributed by atoms with Crippen LogP contribution in [0, 0.1) is 0 Å². The second kappa shape index (κ2) is 4.63. The van der Waals surface area contributed by atoms with Gasteiger partial charge in [0.15, 0.2) is 0 Å². The number of alkyl halides is 3. The van der Waals surface area contributed by atoms with E-state index in [2.05, 4.69) is 4.98 Å². The number of hydrogen-bond acceptors (Lipinski definition) is 1. The van der Waals surface area contributed by atoms with E-state index in [1.807, 2.05) is 0 Å². The van der Waals surface area contributed by atoms with Crippen molar-refractivity contribution in [1.29, 1.82) is 0 Å². The lowest BCUT2D eigenvalue weighted by atomic mass is 9.85. The van der Waals surface area contributed by atoms with Crippen LogP contribution < -0.4 is 0 Å². The van der Waals surface area contributed by atoms with E-state index in [1.165, 1.54) is 30.5 Å². The molecular formula is C16H12F3NO. The number of aliphatic hydroxyl groups is 1. The molecule has 0 unspecified atom stereocenters. The van der Waals surface area contributed by atoms with E-state index >= 15 is 0 Å². The Bertz CT molecular complexity index is 764. The number of hydrogen-bond donors (Lipinski definition) is 2. The Labute approximate surface area is 118 Å². The molecule has 1 aromatic heterocycles. The molecule has 5 heteroatoms. The van der Waals surface area contributed by atoms with Gasteiger partial charge < -0.3 is 10.1 Å². The van der Waals surface area contributed by atoms with Gasteiger partial charge in [-0.1, -0.05) is 48.5 Å². The van der Waals surface area contributed by atoms with Gasteiger partial charge in [0, 0.05) is 22.7 Å². The summed E-state index contributed by atoms with van der Waals surface area (Å²) in [4.78, 5) is 2.78. The SMILES string of the molecule is O[C@@](c1ccccc1)(c1c[nH]c2ccccc12)C(F)(F)F. The van der Waals surface area contributed by atoms with Crippen molar-refractivity contribution in [3.63, 3.8) is 0 Å². The first kappa shape index (κ1) is 13.7. The molecule has 0 bridgehead atoms. The van der Waals surface area contributed by atoms with Crippen molar-refractivity contribution in [1.82, 2.24) is 4.98 Å². The Morgan fingerprint density at radius 1 is 0.857 bits per heavy atom. The number of benzene rings is 2. The molecule has 3 aromatic rings. The Balaban J connectivity index is 2.31. The summed E-state index contributed by atoms with van der Waals surface area (Å²) < 4.78 is 40.9. The molecule has 0 amide bonds. The van der Waals surface area contributed by atoms with Crippen molar-refractivity contribution < 1.29 is 18.3 Å². The van der Waals surface area contributed by atoms with E-state index in [1.54, 1.807) is 30.3 Å². The zero-order valence-electron chi connectivity index (χ0n) is 10.9. The quantitative estimate of drug-likeness (QED) is 0.736. The van der Waals surface area contributed by atoms with Gasteiger partial charge in [0.2, 0.25) is 5.60 Å². The van der Waals surface area contributed by atoms with Crippen molar-refractivity contribution in [2.45, 2.75) is 11.8 Å². The third-order valence-electron chi connectivity index (χ3n) is 3.58. The van der Waals surface area contributed by atoms with Crippen LogP contribution in [-0.2, 0) is 5.60 Å². The van der Waals surface area contributed by atoms with E-state index in [-0.39, 0.29) is 11.1 Å². The zero-order valence-corrected chi connectivity index (χ0v) is 10.9. The molecule has 0 aliphatic carbocycles. The van der Waals surface area contributed by atoms with Crippen molar-refractivity contribution in [3.8, 4) is 0 Å². The molecule has 0 aliphatic heterocycles. The maximum atomic E-state index is 13.6. The molecule has 1 heterocycles. The normalized spacial score (nSPS) is 15.0. The first-order valence-electron chi connectivity index (χ1n) is 6.36. The summed E-state index contributed by atoms with van der Waals surface area (Å²) in [6.45, 7) is 0. The maximum Gasteiger partial charge on any atom is 0.425 e. The summed E-state index contributed by atoms with van der Waals surface area (Å²) in [6, 6.07) is 13.7.